The number of amides is 1. The maximum absolute atomic E-state index is 11.6. The molecule has 0 aromatic rings. The highest BCUT2D eigenvalue weighted by atomic mass is 16.6. The van der Waals surface area contributed by atoms with Crippen LogP contribution in [0.1, 0.15) is 27.2 Å². The first-order valence-electron chi connectivity index (χ1n) is 4.74. The predicted molar refractivity (Wildman–Crippen MR) is 54.4 cm³/mol. The third-order valence-corrected chi connectivity index (χ3v) is 1.93. The smallest absolute Gasteiger partial charge is 0.415 e. The van der Waals surface area contributed by atoms with Crippen LogP contribution in [0.2, 0.25) is 0 Å². The summed E-state index contributed by atoms with van der Waals surface area (Å²) in [7, 11) is 0. The Kier molecular flexibility index (Phi) is 2.89. The average Bonchev–Trinajstić information content (AvgIpc) is 2.43. The Labute approximate surface area is 89.1 Å². The van der Waals surface area contributed by atoms with E-state index in [9.17, 15) is 4.79 Å². The number of nitriles is 1. The van der Waals surface area contributed by atoms with E-state index in [1.165, 1.54) is 4.90 Å². The summed E-state index contributed by atoms with van der Waals surface area (Å²) in [5, 5.41) is 8.70. The highest BCUT2D eigenvalue weighted by Gasteiger charge is 2.29. The van der Waals surface area contributed by atoms with Crippen molar-refractivity contribution < 1.29 is 9.53 Å². The van der Waals surface area contributed by atoms with E-state index >= 15 is 0 Å². The second-order valence-corrected chi connectivity index (χ2v) is 4.36. The number of nitrogens with zero attached hydrogens (tertiary/aromatic N) is 2. The van der Waals surface area contributed by atoms with Gasteiger partial charge in [-0.1, -0.05) is 0 Å². The summed E-state index contributed by atoms with van der Waals surface area (Å²) in [5.74, 6) is 0.215. The molecule has 15 heavy (non-hydrogen) atoms. The van der Waals surface area contributed by atoms with Crippen LogP contribution in [0.5, 0.6) is 0 Å². The Balaban J connectivity index is 2.73. The topological polar surface area (TPSA) is 79.3 Å². The maximum Gasteiger partial charge on any atom is 0.415 e. The van der Waals surface area contributed by atoms with Gasteiger partial charge in [0.25, 0.3) is 0 Å². The highest BCUT2D eigenvalue weighted by molar-refractivity contribution is 5.71. The van der Waals surface area contributed by atoms with Gasteiger partial charge in [-0.3, -0.25) is 4.90 Å². The summed E-state index contributed by atoms with van der Waals surface area (Å²) in [6.45, 7) is 5.77. The molecule has 2 N–H and O–H groups in total. The minimum Gasteiger partial charge on any atom is -0.443 e. The number of hydrogen-bond donors (Lipinski definition) is 1. The molecule has 0 aliphatic carbocycles. The minimum absolute atomic E-state index is 0.215. The molecule has 1 aliphatic rings. The van der Waals surface area contributed by atoms with Gasteiger partial charge in [-0.15, -0.1) is 0 Å². The van der Waals surface area contributed by atoms with E-state index in [-0.39, 0.29) is 5.82 Å². The van der Waals surface area contributed by atoms with E-state index in [0.29, 0.717) is 18.5 Å². The molecule has 0 aromatic carbocycles. The van der Waals surface area contributed by atoms with Gasteiger partial charge < -0.3 is 10.5 Å². The summed E-state index contributed by atoms with van der Waals surface area (Å²) < 4.78 is 5.15. The van der Waals surface area contributed by atoms with Gasteiger partial charge in [-0.2, -0.15) is 5.26 Å². The number of ether oxygens (including phenoxy) is 1. The van der Waals surface area contributed by atoms with E-state index in [4.69, 9.17) is 15.7 Å². The molecule has 1 amide bonds. The molecule has 5 nitrogen and oxygen atoms in total. The lowest BCUT2D eigenvalue weighted by Gasteiger charge is -2.24. The molecule has 1 heterocycles. The van der Waals surface area contributed by atoms with E-state index in [0.717, 1.165) is 0 Å². The Hall–Kier alpha value is -1.70. The van der Waals surface area contributed by atoms with E-state index in [1.807, 2.05) is 6.07 Å². The quantitative estimate of drug-likeness (QED) is 0.652. The molecule has 82 valence electrons. The molecule has 1 rings (SSSR count). The van der Waals surface area contributed by atoms with Gasteiger partial charge in [0.2, 0.25) is 0 Å². The second kappa shape index (κ2) is 3.81. The summed E-state index contributed by atoms with van der Waals surface area (Å²) in [6, 6.07) is 1.97. The van der Waals surface area contributed by atoms with Crippen molar-refractivity contribution in [1.82, 2.24) is 4.90 Å². The van der Waals surface area contributed by atoms with Crippen LogP contribution in [0.25, 0.3) is 0 Å². The Morgan fingerprint density at radius 1 is 1.60 bits per heavy atom. The molecule has 0 fully saturated rings. The first-order valence-corrected chi connectivity index (χ1v) is 4.74. The number of carbonyl (C=O) groups is 1. The third-order valence-electron chi connectivity index (χ3n) is 1.93. The molecule has 0 spiro atoms. The number of rotatable bonds is 0. The molecule has 5 heteroatoms. The van der Waals surface area contributed by atoms with Crippen LogP contribution in [-0.2, 0) is 4.74 Å². The molecule has 0 unspecified atom stereocenters. The molecule has 0 radical (unpaired) electrons. The molecule has 0 saturated heterocycles. The summed E-state index contributed by atoms with van der Waals surface area (Å²) >= 11 is 0. The largest absolute Gasteiger partial charge is 0.443 e. The summed E-state index contributed by atoms with van der Waals surface area (Å²) in [4.78, 5) is 12.9. The van der Waals surface area contributed by atoms with Gasteiger partial charge in [0.1, 0.15) is 11.4 Å². The molecular weight excluding hydrogens is 194 g/mol. The first-order chi connectivity index (χ1) is 6.85. The van der Waals surface area contributed by atoms with Gasteiger partial charge in [0.15, 0.2) is 0 Å². The predicted octanol–water partition coefficient (Wildman–Crippen LogP) is 1.32. The fourth-order valence-electron chi connectivity index (χ4n) is 1.25. The van der Waals surface area contributed by atoms with Crippen LogP contribution in [0.4, 0.5) is 4.79 Å². The lowest BCUT2D eigenvalue weighted by molar-refractivity contribution is 0.0328. The van der Waals surface area contributed by atoms with Crippen LogP contribution in [0.3, 0.4) is 0 Å². The standard InChI is InChI=1S/C10H15N3O2/c1-10(2,3)15-9(14)13-5-4-7(6-11)8(13)12/h4-5,12H2,1-3H3. The van der Waals surface area contributed by atoms with Gasteiger partial charge in [-0.05, 0) is 20.8 Å². The summed E-state index contributed by atoms with van der Waals surface area (Å²) in [5.41, 5.74) is 5.53. The Bertz CT molecular complexity index is 347. The minimum atomic E-state index is -0.549. The third kappa shape index (κ3) is 2.62. The molecule has 0 saturated carbocycles. The fraction of sp³-hybridized carbons (Fsp3) is 0.600. The molecular formula is C10H15N3O2. The van der Waals surface area contributed by atoms with E-state index < -0.39 is 11.7 Å². The highest BCUT2D eigenvalue weighted by Crippen LogP contribution is 2.21. The van der Waals surface area contributed by atoms with Crippen molar-refractivity contribution in [2.24, 2.45) is 5.73 Å². The number of carbonyl (C=O) groups excluding carboxylic acids is 1. The zero-order valence-electron chi connectivity index (χ0n) is 9.20. The van der Waals surface area contributed by atoms with Crippen molar-refractivity contribution in [3.63, 3.8) is 0 Å². The monoisotopic (exact) mass is 209 g/mol. The lowest BCUT2D eigenvalue weighted by atomic mass is 10.2. The van der Waals surface area contributed by atoms with Crippen LogP contribution < -0.4 is 5.73 Å². The van der Waals surface area contributed by atoms with Crippen LogP contribution in [-0.4, -0.2) is 23.1 Å². The average molecular weight is 209 g/mol. The number of hydrogen-bond acceptors (Lipinski definition) is 4. The van der Waals surface area contributed by atoms with Gasteiger partial charge in [0, 0.05) is 13.0 Å². The van der Waals surface area contributed by atoms with Crippen molar-refractivity contribution in [2.45, 2.75) is 32.8 Å². The van der Waals surface area contributed by atoms with Crippen LogP contribution in [0, 0.1) is 11.3 Å². The van der Waals surface area contributed by atoms with E-state index in [1.54, 1.807) is 20.8 Å². The van der Waals surface area contributed by atoms with E-state index in [2.05, 4.69) is 0 Å². The van der Waals surface area contributed by atoms with Crippen molar-refractivity contribution in [3.8, 4) is 6.07 Å². The normalized spacial score (nSPS) is 16.5. The molecule has 0 aromatic heterocycles. The van der Waals surface area contributed by atoms with Crippen LogP contribution >= 0.6 is 0 Å². The molecule has 0 bridgehead atoms. The first kappa shape index (κ1) is 11.4. The zero-order chi connectivity index (χ0) is 11.6. The van der Waals surface area contributed by atoms with Crippen molar-refractivity contribution in [2.75, 3.05) is 6.54 Å². The van der Waals surface area contributed by atoms with Gasteiger partial charge in [-0.25, -0.2) is 4.79 Å². The summed E-state index contributed by atoms with van der Waals surface area (Å²) in [6.07, 6.45) is 0.00642. The Morgan fingerprint density at radius 2 is 2.20 bits per heavy atom. The maximum atomic E-state index is 11.6. The van der Waals surface area contributed by atoms with Gasteiger partial charge in [0.05, 0.1) is 11.6 Å². The van der Waals surface area contributed by atoms with Crippen LogP contribution in [0.15, 0.2) is 11.4 Å². The second-order valence-electron chi connectivity index (χ2n) is 4.36. The number of nitrogens with two attached hydrogens (primary N) is 1. The van der Waals surface area contributed by atoms with Crippen molar-refractivity contribution in [3.05, 3.63) is 11.4 Å². The zero-order valence-corrected chi connectivity index (χ0v) is 9.20. The Morgan fingerprint density at radius 3 is 2.60 bits per heavy atom. The molecule has 1 aliphatic heterocycles. The molecule has 0 atom stereocenters. The van der Waals surface area contributed by atoms with Gasteiger partial charge >= 0.3 is 6.09 Å². The van der Waals surface area contributed by atoms with Crippen molar-refractivity contribution in [1.29, 1.82) is 5.26 Å². The van der Waals surface area contributed by atoms with Crippen molar-refractivity contribution >= 4 is 6.09 Å². The fourth-order valence-corrected chi connectivity index (χ4v) is 1.25. The SMILES string of the molecule is CC(C)(C)OC(=O)N1CCC(C#N)=C1N. The lowest BCUT2D eigenvalue weighted by Crippen LogP contribution is -2.36.